The van der Waals surface area contributed by atoms with Crippen LogP contribution < -0.4 is 4.72 Å². The zero-order valence-corrected chi connectivity index (χ0v) is 12.9. The van der Waals surface area contributed by atoms with Crippen LogP contribution in [0.5, 0.6) is 0 Å². The van der Waals surface area contributed by atoms with Gasteiger partial charge in [-0.05, 0) is 56.6 Å². The highest BCUT2D eigenvalue weighted by molar-refractivity contribution is 7.88. The first-order chi connectivity index (χ1) is 10.1. The topological polar surface area (TPSA) is 73.2 Å². The molecule has 0 amide bonds. The second kappa shape index (κ2) is 7.55. The van der Waals surface area contributed by atoms with Crippen LogP contribution in [-0.4, -0.2) is 39.5 Å². The molecule has 2 rings (SSSR count). The van der Waals surface area contributed by atoms with Crippen LogP contribution >= 0.6 is 0 Å². The summed E-state index contributed by atoms with van der Waals surface area (Å²) in [5, 5.41) is 8.71. The van der Waals surface area contributed by atoms with E-state index in [0.717, 1.165) is 26.1 Å². The van der Waals surface area contributed by atoms with Crippen molar-refractivity contribution in [2.45, 2.75) is 25.0 Å². The highest BCUT2D eigenvalue weighted by Crippen LogP contribution is 2.08. The van der Waals surface area contributed by atoms with Crippen molar-refractivity contribution in [1.29, 1.82) is 5.26 Å². The van der Waals surface area contributed by atoms with E-state index in [1.54, 1.807) is 24.3 Å². The number of sulfonamides is 1. The molecule has 0 unspecified atom stereocenters. The Hall–Kier alpha value is -1.42. The first-order valence-electron chi connectivity index (χ1n) is 7.28. The van der Waals surface area contributed by atoms with Crippen LogP contribution in [0.4, 0.5) is 0 Å². The lowest BCUT2D eigenvalue weighted by molar-refractivity contribution is 0.334. The third-order valence-electron chi connectivity index (χ3n) is 3.61. The summed E-state index contributed by atoms with van der Waals surface area (Å²) in [6.45, 7) is 3.71. The van der Waals surface area contributed by atoms with Gasteiger partial charge in [0.1, 0.15) is 0 Å². The lowest BCUT2D eigenvalue weighted by Crippen LogP contribution is -2.29. The molecule has 6 heteroatoms. The Morgan fingerprint density at radius 2 is 1.86 bits per heavy atom. The molecular weight excluding hydrogens is 286 g/mol. The highest BCUT2D eigenvalue weighted by Gasteiger charge is 2.13. The molecule has 5 nitrogen and oxygen atoms in total. The van der Waals surface area contributed by atoms with Crippen molar-refractivity contribution in [1.82, 2.24) is 9.62 Å². The number of benzene rings is 1. The van der Waals surface area contributed by atoms with Crippen LogP contribution in [0.25, 0.3) is 0 Å². The molecule has 0 aromatic heterocycles. The Kier molecular flexibility index (Phi) is 5.74. The SMILES string of the molecule is N#Cc1ccc(CS(=O)(=O)NCCCN2CCCC2)cc1. The first-order valence-corrected chi connectivity index (χ1v) is 8.93. The summed E-state index contributed by atoms with van der Waals surface area (Å²) in [4.78, 5) is 2.37. The molecule has 1 aromatic rings. The van der Waals surface area contributed by atoms with Crippen molar-refractivity contribution < 1.29 is 8.42 Å². The Bertz CT molecular complexity index is 584. The van der Waals surface area contributed by atoms with Crippen molar-refractivity contribution in [3.8, 4) is 6.07 Å². The molecule has 1 N–H and O–H groups in total. The van der Waals surface area contributed by atoms with E-state index < -0.39 is 10.0 Å². The summed E-state index contributed by atoms with van der Waals surface area (Å²) < 4.78 is 26.6. The molecule has 0 saturated carbocycles. The molecule has 1 fully saturated rings. The van der Waals surface area contributed by atoms with Gasteiger partial charge in [0.2, 0.25) is 10.0 Å². The van der Waals surface area contributed by atoms with E-state index in [4.69, 9.17) is 5.26 Å². The maximum Gasteiger partial charge on any atom is 0.215 e. The molecule has 114 valence electrons. The molecule has 0 radical (unpaired) electrons. The van der Waals surface area contributed by atoms with E-state index >= 15 is 0 Å². The van der Waals surface area contributed by atoms with Gasteiger partial charge in [-0.1, -0.05) is 12.1 Å². The van der Waals surface area contributed by atoms with Gasteiger partial charge in [0.05, 0.1) is 17.4 Å². The zero-order chi connectivity index (χ0) is 15.1. The Balaban J connectivity index is 1.74. The minimum absolute atomic E-state index is 0.0393. The molecule has 1 aromatic carbocycles. The molecule has 0 bridgehead atoms. The lowest BCUT2D eigenvalue weighted by atomic mass is 10.2. The minimum Gasteiger partial charge on any atom is -0.303 e. The van der Waals surface area contributed by atoms with Gasteiger partial charge in [-0.2, -0.15) is 5.26 Å². The molecular formula is C15H21N3O2S. The number of hydrogen-bond donors (Lipinski definition) is 1. The van der Waals surface area contributed by atoms with Crippen LogP contribution in [0.3, 0.4) is 0 Å². The average Bonchev–Trinajstić information content (AvgIpc) is 2.97. The van der Waals surface area contributed by atoms with Crippen molar-refractivity contribution in [2.24, 2.45) is 0 Å². The van der Waals surface area contributed by atoms with Gasteiger partial charge < -0.3 is 4.90 Å². The molecule has 1 heterocycles. The van der Waals surface area contributed by atoms with Gasteiger partial charge in [0.25, 0.3) is 0 Å². The number of rotatable bonds is 7. The number of likely N-dealkylation sites (tertiary alicyclic amines) is 1. The van der Waals surface area contributed by atoms with Gasteiger partial charge in [-0.3, -0.25) is 0 Å². The monoisotopic (exact) mass is 307 g/mol. The van der Waals surface area contributed by atoms with E-state index in [9.17, 15) is 8.42 Å². The summed E-state index contributed by atoms with van der Waals surface area (Å²) in [5.74, 6) is -0.0393. The molecule has 0 aliphatic carbocycles. The predicted molar refractivity (Wildman–Crippen MR) is 82.1 cm³/mol. The molecule has 1 aliphatic rings. The maximum absolute atomic E-state index is 12.0. The van der Waals surface area contributed by atoms with Crippen molar-refractivity contribution in [2.75, 3.05) is 26.2 Å². The quantitative estimate of drug-likeness (QED) is 0.774. The second-order valence-electron chi connectivity index (χ2n) is 5.36. The largest absolute Gasteiger partial charge is 0.303 e. The number of nitrogens with one attached hydrogen (secondary N) is 1. The number of nitriles is 1. The van der Waals surface area contributed by atoms with E-state index in [0.29, 0.717) is 17.7 Å². The number of nitrogens with zero attached hydrogens (tertiary/aromatic N) is 2. The van der Waals surface area contributed by atoms with Crippen LogP contribution in [-0.2, 0) is 15.8 Å². The average molecular weight is 307 g/mol. The first kappa shape index (κ1) is 16.0. The molecule has 0 spiro atoms. The van der Waals surface area contributed by atoms with Gasteiger partial charge in [-0.15, -0.1) is 0 Å². The van der Waals surface area contributed by atoms with Crippen LogP contribution in [0.15, 0.2) is 24.3 Å². The normalized spacial score (nSPS) is 16.0. The third-order valence-corrected chi connectivity index (χ3v) is 4.97. The minimum atomic E-state index is -3.30. The molecule has 0 atom stereocenters. The third kappa shape index (κ3) is 5.46. The smallest absolute Gasteiger partial charge is 0.215 e. The van der Waals surface area contributed by atoms with Crippen LogP contribution in [0.1, 0.15) is 30.4 Å². The molecule has 21 heavy (non-hydrogen) atoms. The highest BCUT2D eigenvalue weighted by atomic mass is 32.2. The van der Waals surface area contributed by atoms with Crippen molar-refractivity contribution in [3.05, 3.63) is 35.4 Å². The lowest BCUT2D eigenvalue weighted by Gasteiger charge is -2.14. The standard InChI is InChI=1S/C15H21N3O2S/c16-12-14-4-6-15(7-5-14)13-21(19,20)17-8-3-11-18-9-1-2-10-18/h4-7,17H,1-3,8-11,13H2. The van der Waals surface area contributed by atoms with E-state index in [-0.39, 0.29) is 5.75 Å². The van der Waals surface area contributed by atoms with Crippen molar-refractivity contribution >= 4 is 10.0 Å². The fraction of sp³-hybridized carbons (Fsp3) is 0.533. The maximum atomic E-state index is 12.0. The van der Waals surface area contributed by atoms with Crippen LogP contribution in [0.2, 0.25) is 0 Å². The van der Waals surface area contributed by atoms with Gasteiger partial charge >= 0.3 is 0 Å². The summed E-state index contributed by atoms with van der Waals surface area (Å²) in [6.07, 6.45) is 3.35. The molecule has 1 saturated heterocycles. The van der Waals surface area contributed by atoms with Gasteiger partial charge in [-0.25, -0.2) is 13.1 Å². The predicted octanol–water partition coefficient (Wildman–Crippen LogP) is 1.46. The van der Waals surface area contributed by atoms with Crippen molar-refractivity contribution in [3.63, 3.8) is 0 Å². The summed E-state index contributed by atoms with van der Waals surface area (Å²) in [7, 11) is -3.30. The van der Waals surface area contributed by atoms with Crippen LogP contribution in [0, 0.1) is 11.3 Å². The summed E-state index contributed by atoms with van der Waals surface area (Å²) in [6, 6.07) is 8.66. The van der Waals surface area contributed by atoms with E-state index in [2.05, 4.69) is 9.62 Å². The fourth-order valence-electron chi connectivity index (χ4n) is 2.48. The van der Waals surface area contributed by atoms with Gasteiger partial charge in [0, 0.05) is 6.54 Å². The Morgan fingerprint density at radius 1 is 1.19 bits per heavy atom. The Morgan fingerprint density at radius 3 is 2.48 bits per heavy atom. The van der Waals surface area contributed by atoms with Gasteiger partial charge in [0.15, 0.2) is 0 Å². The number of hydrogen-bond acceptors (Lipinski definition) is 4. The Labute approximate surface area is 126 Å². The summed E-state index contributed by atoms with van der Waals surface area (Å²) >= 11 is 0. The van der Waals surface area contributed by atoms with E-state index in [1.807, 2.05) is 6.07 Å². The summed E-state index contributed by atoms with van der Waals surface area (Å²) in [5.41, 5.74) is 1.23. The molecule has 1 aliphatic heterocycles. The van der Waals surface area contributed by atoms with E-state index in [1.165, 1.54) is 12.8 Å². The fourth-order valence-corrected chi connectivity index (χ4v) is 3.67. The zero-order valence-electron chi connectivity index (χ0n) is 12.1. The second-order valence-corrected chi connectivity index (χ2v) is 7.17.